The molecule has 2 N–H and O–H groups in total. The van der Waals surface area contributed by atoms with Gasteiger partial charge in [-0.2, -0.15) is 15.5 Å². The molecule has 138 valence electrons. The highest BCUT2D eigenvalue weighted by Crippen LogP contribution is 2.35. The third-order valence-corrected chi connectivity index (χ3v) is 4.87. The Kier molecular flexibility index (Phi) is 5.58. The van der Waals surface area contributed by atoms with Gasteiger partial charge in [0.05, 0.1) is 23.3 Å². The second-order valence-corrected chi connectivity index (χ2v) is 7.08. The fourth-order valence-corrected chi connectivity index (χ4v) is 3.05. The van der Waals surface area contributed by atoms with Gasteiger partial charge in [0.15, 0.2) is 0 Å². The first kappa shape index (κ1) is 19.3. The van der Waals surface area contributed by atoms with Crippen LogP contribution in [0.15, 0.2) is 40.9 Å². The number of ether oxygens (including phenoxy) is 1. The summed E-state index contributed by atoms with van der Waals surface area (Å²) in [4.78, 5) is 8.82. The number of hydrogen-bond acceptors (Lipinski definition) is 6. The highest BCUT2D eigenvalue weighted by molar-refractivity contribution is 9.10. The summed E-state index contributed by atoms with van der Waals surface area (Å²) in [6.45, 7) is 3.75. The summed E-state index contributed by atoms with van der Waals surface area (Å²) >= 11 is 3.39. The van der Waals surface area contributed by atoms with Crippen molar-refractivity contribution < 1.29 is 4.74 Å². The largest absolute Gasteiger partial charge is 0.437 e. The number of rotatable bonds is 4. The standard InChI is InChI=1S/C21H16BrN5O/c1-12-7-16(11-24)8-13(2)19(12)28-21-18(22)20(25)26-17(27-21)9-14-3-5-15(10-23)6-4-14/h3-8H,9H2,1-2H3,(H2,25,26,27). The molecule has 0 bridgehead atoms. The average Bonchev–Trinajstić information content (AvgIpc) is 2.68. The summed E-state index contributed by atoms with van der Waals surface area (Å²) in [6.07, 6.45) is 0.449. The minimum atomic E-state index is 0.276. The van der Waals surface area contributed by atoms with Crippen molar-refractivity contribution in [3.63, 3.8) is 0 Å². The molecule has 0 saturated heterocycles. The number of hydrogen-bond donors (Lipinski definition) is 1. The molecular formula is C21H16BrN5O. The van der Waals surface area contributed by atoms with Gasteiger partial charge in [0, 0.05) is 6.42 Å². The molecule has 2 aromatic carbocycles. The fourth-order valence-electron chi connectivity index (χ4n) is 2.79. The van der Waals surface area contributed by atoms with E-state index in [0.29, 0.717) is 39.5 Å². The van der Waals surface area contributed by atoms with E-state index < -0.39 is 0 Å². The first-order chi connectivity index (χ1) is 13.4. The molecule has 1 heterocycles. The third-order valence-electron chi connectivity index (χ3n) is 4.13. The van der Waals surface area contributed by atoms with Crippen molar-refractivity contribution >= 4 is 21.7 Å². The van der Waals surface area contributed by atoms with Gasteiger partial charge >= 0.3 is 0 Å². The van der Waals surface area contributed by atoms with Crippen LogP contribution in [-0.2, 0) is 6.42 Å². The molecule has 1 aromatic heterocycles. The Morgan fingerprint density at radius 3 is 2.18 bits per heavy atom. The number of nitriles is 2. The van der Waals surface area contributed by atoms with Gasteiger partial charge < -0.3 is 10.5 Å². The van der Waals surface area contributed by atoms with E-state index in [1.807, 2.05) is 26.0 Å². The molecule has 0 spiro atoms. The van der Waals surface area contributed by atoms with Crippen LogP contribution in [0.2, 0.25) is 0 Å². The van der Waals surface area contributed by atoms with Gasteiger partial charge in [-0.15, -0.1) is 0 Å². The van der Waals surface area contributed by atoms with E-state index in [-0.39, 0.29) is 5.82 Å². The molecule has 0 aliphatic carbocycles. The van der Waals surface area contributed by atoms with E-state index in [2.05, 4.69) is 38.0 Å². The smallest absolute Gasteiger partial charge is 0.239 e. The Bertz CT molecular complexity index is 1100. The number of halogens is 1. The molecule has 0 amide bonds. The Morgan fingerprint density at radius 1 is 1.00 bits per heavy atom. The Balaban J connectivity index is 1.94. The molecule has 28 heavy (non-hydrogen) atoms. The van der Waals surface area contributed by atoms with Crippen LogP contribution in [0, 0.1) is 36.5 Å². The Hall–Kier alpha value is -3.42. The van der Waals surface area contributed by atoms with Crippen LogP contribution in [0.25, 0.3) is 0 Å². The van der Waals surface area contributed by atoms with E-state index in [1.54, 1.807) is 24.3 Å². The van der Waals surface area contributed by atoms with Crippen molar-refractivity contribution in [1.82, 2.24) is 9.97 Å². The van der Waals surface area contributed by atoms with Gasteiger partial charge in [-0.1, -0.05) is 12.1 Å². The predicted molar refractivity (Wildman–Crippen MR) is 109 cm³/mol. The minimum absolute atomic E-state index is 0.276. The maximum absolute atomic E-state index is 9.10. The SMILES string of the molecule is Cc1cc(C#N)cc(C)c1Oc1nc(Cc2ccc(C#N)cc2)nc(N)c1Br. The highest BCUT2D eigenvalue weighted by atomic mass is 79.9. The number of benzene rings is 2. The van der Waals surface area contributed by atoms with E-state index in [4.69, 9.17) is 21.0 Å². The van der Waals surface area contributed by atoms with Crippen LogP contribution in [0.3, 0.4) is 0 Å². The highest BCUT2D eigenvalue weighted by Gasteiger charge is 2.16. The number of aromatic nitrogens is 2. The molecule has 3 rings (SSSR count). The van der Waals surface area contributed by atoms with Crippen molar-refractivity contribution in [2.75, 3.05) is 5.73 Å². The Labute approximate surface area is 171 Å². The zero-order chi connectivity index (χ0) is 20.3. The number of aryl methyl sites for hydroxylation is 2. The van der Waals surface area contributed by atoms with Crippen molar-refractivity contribution in [1.29, 1.82) is 10.5 Å². The van der Waals surface area contributed by atoms with Gasteiger partial charge in [-0.3, -0.25) is 0 Å². The van der Waals surface area contributed by atoms with Crippen molar-refractivity contribution in [2.24, 2.45) is 0 Å². The van der Waals surface area contributed by atoms with Crippen LogP contribution in [0.1, 0.15) is 33.6 Å². The lowest BCUT2D eigenvalue weighted by atomic mass is 10.1. The van der Waals surface area contributed by atoms with Gasteiger partial charge in [-0.25, -0.2) is 4.98 Å². The molecule has 0 unspecified atom stereocenters. The maximum atomic E-state index is 9.10. The first-order valence-electron chi connectivity index (χ1n) is 8.41. The maximum Gasteiger partial charge on any atom is 0.239 e. The molecule has 0 saturated carbocycles. The lowest BCUT2D eigenvalue weighted by Crippen LogP contribution is -2.05. The van der Waals surface area contributed by atoms with Crippen LogP contribution in [0.4, 0.5) is 5.82 Å². The van der Waals surface area contributed by atoms with Crippen molar-refractivity contribution in [3.8, 4) is 23.8 Å². The average molecular weight is 434 g/mol. The number of nitrogens with two attached hydrogens (primary N) is 1. The summed E-state index contributed by atoms with van der Waals surface area (Å²) in [5.41, 5.74) is 9.81. The summed E-state index contributed by atoms with van der Waals surface area (Å²) in [5.74, 6) is 1.72. The summed E-state index contributed by atoms with van der Waals surface area (Å²) < 4.78 is 6.51. The molecule has 0 aliphatic rings. The topological polar surface area (TPSA) is 109 Å². The van der Waals surface area contributed by atoms with Gasteiger partial charge in [0.1, 0.15) is 21.9 Å². The van der Waals surface area contributed by atoms with E-state index in [1.165, 1.54) is 0 Å². The molecule has 7 heteroatoms. The third kappa shape index (κ3) is 4.11. The van der Waals surface area contributed by atoms with Crippen molar-refractivity contribution in [2.45, 2.75) is 20.3 Å². The second-order valence-electron chi connectivity index (χ2n) is 6.28. The number of nitrogens with zero attached hydrogens (tertiary/aromatic N) is 4. The molecular weight excluding hydrogens is 418 g/mol. The molecule has 0 radical (unpaired) electrons. The van der Waals surface area contributed by atoms with Crippen LogP contribution < -0.4 is 10.5 Å². The lowest BCUT2D eigenvalue weighted by molar-refractivity contribution is 0.449. The second kappa shape index (κ2) is 8.08. The molecule has 0 aliphatic heterocycles. The van der Waals surface area contributed by atoms with Gasteiger partial charge in [-0.05, 0) is 70.7 Å². The van der Waals surface area contributed by atoms with E-state index in [9.17, 15) is 0 Å². The summed E-state index contributed by atoms with van der Waals surface area (Å²) in [6, 6.07) is 15.0. The molecule has 0 atom stereocenters. The summed E-state index contributed by atoms with van der Waals surface area (Å²) in [5, 5.41) is 18.0. The van der Waals surface area contributed by atoms with Crippen LogP contribution in [-0.4, -0.2) is 9.97 Å². The zero-order valence-electron chi connectivity index (χ0n) is 15.3. The molecule has 6 nitrogen and oxygen atoms in total. The monoisotopic (exact) mass is 433 g/mol. The zero-order valence-corrected chi connectivity index (χ0v) is 16.9. The predicted octanol–water partition coefficient (Wildman–Crippen LogP) is 4.56. The van der Waals surface area contributed by atoms with Crippen LogP contribution >= 0.6 is 15.9 Å². The fraction of sp³-hybridized carbons (Fsp3) is 0.143. The normalized spacial score (nSPS) is 10.2. The molecule has 0 fully saturated rings. The minimum Gasteiger partial charge on any atom is -0.437 e. The lowest BCUT2D eigenvalue weighted by Gasteiger charge is -2.14. The van der Waals surface area contributed by atoms with Gasteiger partial charge in [0.2, 0.25) is 5.88 Å². The summed E-state index contributed by atoms with van der Waals surface area (Å²) in [7, 11) is 0. The number of anilines is 1. The quantitative estimate of drug-likeness (QED) is 0.645. The Morgan fingerprint density at radius 2 is 1.61 bits per heavy atom. The van der Waals surface area contributed by atoms with Gasteiger partial charge in [0.25, 0.3) is 0 Å². The van der Waals surface area contributed by atoms with Crippen LogP contribution in [0.5, 0.6) is 11.6 Å². The van der Waals surface area contributed by atoms with E-state index >= 15 is 0 Å². The first-order valence-corrected chi connectivity index (χ1v) is 9.20. The van der Waals surface area contributed by atoms with Crippen molar-refractivity contribution in [3.05, 3.63) is 74.5 Å². The number of nitrogen functional groups attached to an aromatic ring is 1. The van der Waals surface area contributed by atoms with E-state index in [0.717, 1.165) is 16.7 Å². The molecule has 3 aromatic rings.